The van der Waals surface area contributed by atoms with Crippen molar-refractivity contribution in [1.29, 1.82) is 0 Å². The number of hydrogen-bond acceptors (Lipinski definition) is 2. The number of benzene rings is 2. The number of carbonyl (C=O) groups is 1. The van der Waals surface area contributed by atoms with E-state index in [2.05, 4.69) is 0 Å². The maximum absolute atomic E-state index is 12.1. The highest BCUT2D eigenvalue weighted by atomic mass is 16.5. The second-order valence-corrected chi connectivity index (χ2v) is 4.45. The highest BCUT2D eigenvalue weighted by Gasteiger charge is 2.15. The highest BCUT2D eigenvalue weighted by molar-refractivity contribution is 6.01. The molecule has 2 nitrogen and oxygen atoms in total. The lowest BCUT2D eigenvalue weighted by Crippen LogP contribution is -2.08. The van der Waals surface area contributed by atoms with Gasteiger partial charge in [-0.2, -0.15) is 0 Å². The van der Waals surface area contributed by atoms with Crippen molar-refractivity contribution in [3.8, 4) is 0 Å². The van der Waals surface area contributed by atoms with E-state index in [1.54, 1.807) is 0 Å². The number of hydrogen-bond donors (Lipinski definition) is 0. The van der Waals surface area contributed by atoms with Crippen molar-refractivity contribution in [2.45, 2.75) is 13.8 Å². The molecule has 0 heterocycles. The lowest BCUT2D eigenvalue weighted by molar-refractivity contribution is -0.138. The van der Waals surface area contributed by atoms with Crippen LogP contribution in [0.1, 0.15) is 25.0 Å². The maximum Gasteiger partial charge on any atom is 0.334 e. The van der Waals surface area contributed by atoms with Gasteiger partial charge in [-0.25, -0.2) is 4.79 Å². The highest BCUT2D eigenvalue weighted by Crippen LogP contribution is 2.27. The molecule has 0 bridgehead atoms. The minimum absolute atomic E-state index is 0.268. The van der Waals surface area contributed by atoms with Crippen molar-refractivity contribution < 1.29 is 9.53 Å². The number of ether oxygens (including phenoxy) is 1. The molecule has 0 aliphatic rings. The van der Waals surface area contributed by atoms with Gasteiger partial charge in [0.25, 0.3) is 0 Å². The van der Waals surface area contributed by atoms with E-state index in [1.165, 1.54) is 0 Å². The summed E-state index contributed by atoms with van der Waals surface area (Å²) in [6.07, 6.45) is 0. The second-order valence-electron chi connectivity index (χ2n) is 4.45. The first-order valence-corrected chi connectivity index (χ1v) is 6.73. The summed E-state index contributed by atoms with van der Waals surface area (Å²) in [5.41, 5.74) is 3.59. The van der Waals surface area contributed by atoms with Crippen LogP contribution in [-0.4, -0.2) is 12.6 Å². The molecular weight excluding hydrogens is 248 g/mol. The van der Waals surface area contributed by atoms with E-state index in [-0.39, 0.29) is 5.97 Å². The van der Waals surface area contributed by atoms with Gasteiger partial charge in [-0.3, -0.25) is 0 Å². The Labute approximate surface area is 119 Å². The van der Waals surface area contributed by atoms with Crippen LogP contribution in [0.4, 0.5) is 0 Å². The van der Waals surface area contributed by atoms with E-state index in [1.807, 2.05) is 74.5 Å². The molecular formula is C18H18O2. The van der Waals surface area contributed by atoms with Crippen molar-refractivity contribution in [3.63, 3.8) is 0 Å². The summed E-state index contributed by atoms with van der Waals surface area (Å²) in [4.78, 5) is 12.1. The third-order valence-electron chi connectivity index (χ3n) is 3.08. The predicted octanol–water partition coefficient (Wildman–Crippen LogP) is 4.07. The first-order valence-electron chi connectivity index (χ1n) is 6.73. The molecule has 0 aromatic heterocycles. The Morgan fingerprint density at radius 1 is 0.900 bits per heavy atom. The van der Waals surface area contributed by atoms with Gasteiger partial charge in [-0.15, -0.1) is 0 Å². The Morgan fingerprint density at radius 3 is 1.75 bits per heavy atom. The molecule has 0 N–H and O–H groups in total. The number of carbonyl (C=O) groups excluding carboxylic acids is 1. The normalized spacial score (nSPS) is 9.90. The summed E-state index contributed by atoms with van der Waals surface area (Å²) >= 11 is 0. The molecule has 0 atom stereocenters. The largest absolute Gasteiger partial charge is 0.463 e. The van der Waals surface area contributed by atoms with Crippen LogP contribution < -0.4 is 0 Å². The van der Waals surface area contributed by atoms with Crippen LogP contribution in [0.25, 0.3) is 5.57 Å². The lowest BCUT2D eigenvalue weighted by atomic mass is 9.93. The van der Waals surface area contributed by atoms with Crippen molar-refractivity contribution in [1.82, 2.24) is 0 Å². The minimum atomic E-state index is -0.268. The van der Waals surface area contributed by atoms with Gasteiger partial charge >= 0.3 is 5.97 Å². The predicted molar refractivity (Wildman–Crippen MR) is 81.2 cm³/mol. The van der Waals surface area contributed by atoms with Gasteiger partial charge < -0.3 is 4.74 Å². The van der Waals surface area contributed by atoms with E-state index in [0.29, 0.717) is 12.2 Å². The Balaban J connectivity index is 2.56. The molecule has 0 aliphatic heterocycles. The molecule has 2 aromatic carbocycles. The molecule has 0 amide bonds. The van der Waals surface area contributed by atoms with E-state index in [0.717, 1.165) is 16.7 Å². The topological polar surface area (TPSA) is 26.3 Å². The molecule has 0 radical (unpaired) electrons. The lowest BCUT2D eigenvalue weighted by Gasteiger charge is -2.12. The van der Waals surface area contributed by atoms with E-state index in [4.69, 9.17) is 4.74 Å². The third-order valence-corrected chi connectivity index (χ3v) is 3.08. The average molecular weight is 266 g/mol. The standard InChI is InChI=1S/C18H18O2/c1-3-20-18(19)14(2)17(15-10-6-4-7-11-15)16-12-8-5-9-13-16/h4-13H,3H2,1-2H3. The van der Waals surface area contributed by atoms with Crippen molar-refractivity contribution in [2.75, 3.05) is 6.61 Å². The Kier molecular flexibility index (Phi) is 4.72. The smallest absolute Gasteiger partial charge is 0.334 e. The zero-order chi connectivity index (χ0) is 14.4. The van der Waals surface area contributed by atoms with Crippen molar-refractivity contribution in [2.24, 2.45) is 0 Å². The summed E-state index contributed by atoms with van der Waals surface area (Å²) < 4.78 is 5.13. The van der Waals surface area contributed by atoms with Crippen LogP contribution >= 0.6 is 0 Å². The van der Waals surface area contributed by atoms with Crippen LogP contribution in [0.5, 0.6) is 0 Å². The maximum atomic E-state index is 12.1. The molecule has 0 spiro atoms. The zero-order valence-corrected chi connectivity index (χ0v) is 11.8. The summed E-state index contributed by atoms with van der Waals surface area (Å²) in [5, 5.41) is 0. The van der Waals surface area contributed by atoms with Crippen LogP contribution in [0.15, 0.2) is 66.2 Å². The van der Waals surface area contributed by atoms with Gasteiger partial charge in [0.05, 0.1) is 6.61 Å². The monoisotopic (exact) mass is 266 g/mol. The second kappa shape index (κ2) is 6.71. The van der Waals surface area contributed by atoms with Gasteiger partial charge in [-0.1, -0.05) is 60.7 Å². The molecule has 2 aromatic rings. The molecule has 0 saturated carbocycles. The van der Waals surface area contributed by atoms with E-state index >= 15 is 0 Å². The quantitative estimate of drug-likeness (QED) is 0.616. The first kappa shape index (κ1) is 14.1. The Hall–Kier alpha value is -2.35. The van der Waals surface area contributed by atoms with Gasteiger partial charge in [0.15, 0.2) is 0 Å². The third kappa shape index (κ3) is 3.15. The molecule has 2 rings (SSSR count). The molecule has 0 fully saturated rings. The van der Waals surface area contributed by atoms with Crippen LogP contribution in [-0.2, 0) is 9.53 Å². The summed E-state index contributed by atoms with van der Waals surface area (Å²) in [5.74, 6) is -0.268. The van der Waals surface area contributed by atoms with Gasteiger partial charge in [0.2, 0.25) is 0 Å². The van der Waals surface area contributed by atoms with Crippen LogP contribution in [0, 0.1) is 0 Å². The Morgan fingerprint density at radius 2 is 1.35 bits per heavy atom. The zero-order valence-electron chi connectivity index (χ0n) is 11.8. The van der Waals surface area contributed by atoms with Gasteiger partial charge in [0.1, 0.15) is 0 Å². The van der Waals surface area contributed by atoms with Gasteiger partial charge in [0, 0.05) is 5.57 Å². The van der Waals surface area contributed by atoms with Crippen LogP contribution in [0.3, 0.4) is 0 Å². The average Bonchev–Trinajstić information content (AvgIpc) is 2.50. The van der Waals surface area contributed by atoms with Crippen LogP contribution in [0.2, 0.25) is 0 Å². The Bertz CT molecular complexity index is 556. The molecule has 0 saturated heterocycles. The molecule has 20 heavy (non-hydrogen) atoms. The SMILES string of the molecule is CCOC(=O)C(C)=C(c1ccccc1)c1ccccc1. The van der Waals surface area contributed by atoms with Crippen molar-refractivity contribution >= 4 is 11.5 Å². The number of rotatable bonds is 4. The summed E-state index contributed by atoms with van der Waals surface area (Å²) in [6.45, 7) is 4.01. The fraction of sp³-hybridized carbons (Fsp3) is 0.167. The summed E-state index contributed by atoms with van der Waals surface area (Å²) in [6, 6.07) is 19.8. The molecule has 0 aliphatic carbocycles. The summed E-state index contributed by atoms with van der Waals surface area (Å²) in [7, 11) is 0. The van der Waals surface area contributed by atoms with Gasteiger partial charge in [-0.05, 0) is 30.5 Å². The molecule has 2 heteroatoms. The van der Waals surface area contributed by atoms with E-state index < -0.39 is 0 Å². The molecule has 102 valence electrons. The van der Waals surface area contributed by atoms with E-state index in [9.17, 15) is 4.79 Å². The van der Waals surface area contributed by atoms with Crippen molar-refractivity contribution in [3.05, 3.63) is 77.4 Å². The fourth-order valence-corrected chi connectivity index (χ4v) is 2.15. The molecule has 0 unspecified atom stereocenters. The fourth-order valence-electron chi connectivity index (χ4n) is 2.15. The number of esters is 1. The first-order chi connectivity index (χ1) is 9.74. The minimum Gasteiger partial charge on any atom is -0.463 e.